The Morgan fingerprint density at radius 2 is 1.95 bits per heavy atom. The lowest BCUT2D eigenvalue weighted by Gasteiger charge is -2.33. The minimum atomic E-state index is -0.874. The topological polar surface area (TPSA) is 79.2 Å². The van der Waals surface area contributed by atoms with Crippen LogP contribution in [0.1, 0.15) is 29.6 Å². The Hall–Kier alpha value is -2.35. The predicted octanol–water partition coefficient (Wildman–Crippen LogP) is 2.11. The summed E-state index contributed by atoms with van der Waals surface area (Å²) in [6, 6.07) is 8.47. The average molecular weight is 258 g/mol. The summed E-state index contributed by atoms with van der Waals surface area (Å²) in [6.45, 7) is 0. The maximum Gasteiger partial charge on any atom is 0.337 e. The van der Waals surface area contributed by atoms with E-state index >= 15 is 0 Å². The summed E-state index contributed by atoms with van der Waals surface area (Å²) in [6.07, 6.45) is 2.12. The van der Waals surface area contributed by atoms with E-state index in [0.717, 1.165) is 6.42 Å². The number of nitrogens with zero attached hydrogens (tertiary/aromatic N) is 1. The normalized spacial score (nSPS) is 15.8. The van der Waals surface area contributed by atoms with Crippen molar-refractivity contribution in [3.05, 3.63) is 29.8 Å². The lowest BCUT2D eigenvalue weighted by Crippen LogP contribution is -2.40. The zero-order valence-corrected chi connectivity index (χ0v) is 10.6. The highest BCUT2D eigenvalue weighted by Gasteiger charge is 2.44. The molecule has 1 saturated carbocycles. The standard InChI is InChI=1S/C14H14N2O3/c1-19-12(17)10-3-5-11(6-4-10)16-13(18)14(9-15)7-2-8-14/h3-6H,2,7-8H2,1H3,(H,16,18). The number of esters is 1. The molecule has 19 heavy (non-hydrogen) atoms. The van der Waals surface area contributed by atoms with Crippen LogP contribution in [0.2, 0.25) is 0 Å². The number of carbonyl (C=O) groups is 2. The number of rotatable bonds is 3. The Kier molecular flexibility index (Phi) is 3.52. The van der Waals surface area contributed by atoms with Gasteiger partial charge in [0, 0.05) is 5.69 Å². The lowest BCUT2D eigenvalue weighted by atomic mass is 9.69. The van der Waals surface area contributed by atoms with Crippen LogP contribution in [0.4, 0.5) is 5.69 Å². The second-order valence-electron chi connectivity index (χ2n) is 4.57. The molecule has 1 amide bonds. The number of ether oxygens (including phenoxy) is 1. The van der Waals surface area contributed by atoms with E-state index in [2.05, 4.69) is 16.1 Å². The SMILES string of the molecule is COC(=O)c1ccc(NC(=O)C2(C#N)CCC2)cc1. The molecule has 0 saturated heterocycles. The summed E-state index contributed by atoms with van der Waals surface area (Å²) in [5, 5.41) is 11.8. The Morgan fingerprint density at radius 3 is 2.37 bits per heavy atom. The number of nitrogens with one attached hydrogen (secondary N) is 1. The molecule has 1 aliphatic rings. The van der Waals surface area contributed by atoms with Crippen LogP contribution in [-0.2, 0) is 9.53 Å². The van der Waals surface area contributed by atoms with Crippen molar-refractivity contribution < 1.29 is 14.3 Å². The molecule has 1 aromatic rings. The molecule has 0 aliphatic heterocycles. The molecular weight excluding hydrogens is 244 g/mol. The van der Waals surface area contributed by atoms with Gasteiger partial charge in [0.2, 0.25) is 5.91 Å². The fourth-order valence-electron chi connectivity index (χ4n) is 1.98. The van der Waals surface area contributed by atoms with Crippen LogP contribution in [-0.4, -0.2) is 19.0 Å². The molecule has 2 rings (SSSR count). The van der Waals surface area contributed by atoms with Crippen LogP contribution >= 0.6 is 0 Å². The van der Waals surface area contributed by atoms with Gasteiger partial charge in [-0.25, -0.2) is 4.79 Å². The number of hydrogen-bond donors (Lipinski definition) is 1. The van der Waals surface area contributed by atoms with Gasteiger partial charge in [-0.2, -0.15) is 5.26 Å². The molecule has 0 radical (unpaired) electrons. The summed E-state index contributed by atoms with van der Waals surface area (Å²) >= 11 is 0. The van der Waals surface area contributed by atoms with Crippen LogP contribution in [0.3, 0.4) is 0 Å². The highest BCUT2D eigenvalue weighted by molar-refractivity contribution is 5.98. The molecule has 1 fully saturated rings. The Morgan fingerprint density at radius 1 is 1.32 bits per heavy atom. The number of carbonyl (C=O) groups excluding carboxylic acids is 2. The van der Waals surface area contributed by atoms with Gasteiger partial charge in [-0.3, -0.25) is 4.79 Å². The van der Waals surface area contributed by atoms with Crippen molar-refractivity contribution in [1.29, 1.82) is 5.26 Å². The van der Waals surface area contributed by atoms with Crippen molar-refractivity contribution in [2.75, 3.05) is 12.4 Å². The summed E-state index contributed by atoms with van der Waals surface area (Å²) in [7, 11) is 1.31. The van der Waals surface area contributed by atoms with E-state index in [0.29, 0.717) is 24.1 Å². The number of nitriles is 1. The van der Waals surface area contributed by atoms with Crippen LogP contribution < -0.4 is 5.32 Å². The number of anilines is 1. The van der Waals surface area contributed by atoms with Crippen molar-refractivity contribution >= 4 is 17.6 Å². The minimum Gasteiger partial charge on any atom is -0.465 e. The predicted molar refractivity (Wildman–Crippen MR) is 68.3 cm³/mol. The molecule has 0 heterocycles. The number of benzene rings is 1. The van der Waals surface area contributed by atoms with Crippen molar-refractivity contribution in [3.63, 3.8) is 0 Å². The highest BCUT2D eigenvalue weighted by atomic mass is 16.5. The van der Waals surface area contributed by atoms with Gasteiger partial charge in [-0.15, -0.1) is 0 Å². The Bertz CT molecular complexity index is 539. The molecule has 98 valence electrons. The van der Waals surface area contributed by atoms with Crippen LogP contribution in [0.25, 0.3) is 0 Å². The molecule has 1 aliphatic carbocycles. The third-order valence-corrected chi connectivity index (χ3v) is 3.42. The zero-order valence-electron chi connectivity index (χ0n) is 10.6. The van der Waals surface area contributed by atoms with Gasteiger partial charge in [-0.1, -0.05) is 0 Å². The molecule has 0 spiro atoms. The van der Waals surface area contributed by atoms with Gasteiger partial charge < -0.3 is 10.1 Å². The van der Waals surface area contributed by atoms with Crippen molar-refractivity contribution in [2.24, 2.45) is 5.41 Å². The third-order valence-electron chi connectivity index (χ3n) is 3.42. The monoisotopic (exact) mass is 258 g/mol. The van der Waals surface area contributed by atoms with E-state index in [1.165, 1.54) is 7.11 Å². The number of amides is 1. The average Bonchev–Trinajstić information content (AvgIpc) is 2.38. The quantitative estimate of drug-likeness (QED) is 0.842. The fraction of sp³-hybridized carbons (Fsp3) is 0.357. The second kappa shape index (κ2) is 5.11. The van der Waals surface area contributed by atoms with Gasteiger partial charge in [0.1, 0.15) is 5.41 Å². The smallest absolute Gasteiger partial charge is 0.337 e. The largest absolute Gasteiger partial charge is 0.465 e. The van der Waals surface area contributed by atoms with E-state index in [-0.39, 0.29) is 5.91 Å². The Labute approximate surface area is 111 Å². The maximum atomic E-state index is 12.0. The van der Waals surface area contributed by atoms with Crippen LogP contribution in [0.15, 0.2) is 24.3 Å². The van der Waals surface area contributed by atoms with Gasteiger partial charge in [0.05, 0.1) is 18.7 Å². The zero-order chi connectivity index (χ0) is 13.9. The van der Waals surface area contributed by atoms with Crippen LogP contribution in [0.5, 0.6) is 0 Å². The first-order valence-corrected chi connectivity index (χ1v) is 6.02. The molecule has 1 aromatic carbocycles. The van der Waals surface area contributed by atoms with Crippen molar-refractivity contribution in [2.45, 2.75) is 19.3 Å². The van der Waals surface area contributed by atoms with Gasteiger partial charge in [0.25, 0.3) is 0 Å². The van der Waals surface area contributed by atoms with Crippen molar-refractivity contribution in [3.8, 4) is 6.07 Å². The van der Waals surface area contributed by atoms with Crippen LogP contribution in [0, 0.1) is 16.7 Å². The molecule has 0 atom stereocenters. The molecule has 0 aromatic heterocycles. The first-order chi connectivity index (χ1) is 9.11. The molecule has 0 unspecified atom stereocenters. The Balaban J connectivity index is 2.06. The second-order valence-corrected chi connectivity index (χ2v) is 4.57. The summed E-state index contributed by atoms with van der Waals surface area (Å²) in [4.78, 5) is 23.3. The van der Waals surface area contributed by atoms with E-state index in [4.69, 9.17) is 5.26 Å². The van der Waals surface area contributed by atoms with E-state index in [1.54, 1.807) is 24.3 Å². The lowest BCUT2D eigenvalue weighted by molar-refractivity contribution is -0.126. The maximum absolute atomic E-state index is 12.0. The summed E-state index contributed by atoms with van der Waals surface area (Å²) < 4.78 is 4.59. The highest BCUT2D eigenvalue weighted by Crippen LogP contribution is 2.41. The first-order valence-electron chi connectivity index (χ1n) is 6.02. The third kappa shape index (κ3) is 2.43. The molecule has 1 N–H and O–H groups in total. The van der Waals surface area contributed by atoms with Gasteiger partial charge >= 0.3 is 5.97 Å². The molecular formula is C14H14N2O3. The van der Waals surface area contributed by atoms with E-state index in [9.17, 15) is 9.59 Å². The number of methoxy groups -OCH3 is 1. The molecule has 0 bridgehead atoms. The summed E-state index contributed by atoms with van der Waals surface area (Å²) in [5.74, 6) is -0.697. The molecule has 5 heteroatoms. The first kappa shape index (κ1) is 13.1. The van der Waals surface area contributed by atoms with Gasteiger partial charge in [0.15, 0.2) is 0 Å². The molecule has 5 nitrogen and oxygen atoms in total. The van der Waals surface area contributed by atoms with Gasteiger partial charge in [-0.05, 0) is 43.5 Å². The fourth-order valence-corrected chi connectivity index (χ4v) is 1.98. The van der Waals surface area contributed by atoms with E-state index in [1.807, 2.05) is 0 Å². The van der Waals surface area contributed by atoms with E-state index < -0.39 is 11.4 Å². The van der Waals surface area contributed by atoms with Crippen molar-refractivity contribution in [1.82, 2.24) is 0 Å². The number of hydrogen-bond acceptors (Lipinski definition) is 4. The summed E-state index contributed by atoms with van der Waals surface area (Å²) in [5.41, 5.74) is 0.111. The minimum absolute atomic E-state index is 0.271.